The highest BCUT2D eigenvalue weighted by atomic mass is 16.6. The van der Waals surface area contributed by atoms with Gasteiger partial charge in [-0.15, -0.1) is 0 Å². The van der Waals surface area contributed by atoms with Gasteiger partial charge >= 0.3 is 23.9 Å². The van der Waals surface area contributed by atoms with Crippen LogP contribution in [0.15, 0.2) is 60.7 Å². The summed E-state index contributed by atoms with van der Waals surface area (Å²) in [6, 6.07) is 11.6. The van der Waals surface area contributed by atoms with Gasteiger partial charge in [0.15, 0.2) is 6.10 Å². The van der Waals surface area contributed by atoms with Crippen LogP contribution in [0.4, 0.5) is 4.79 Å². The number of esters is 1. The first-order valence-corrected chi connectivity index (χ1v) is 22.5. The molecule has 0 aliphatic carbocycles. The number of hydrogen-bond donors (Lipinski definition) is 7. The smallest absolute Gasteiger partial charge is 0.336 e. The molecule has 0 unspecified atom stereocenters. The number of carbonyl (C=O) groups excluding carboxylic acids is 7. The van der Waals surface area contributed by atoms with Crippen LogP contribution in [-0.4, -0.2) is 123 Å². The Morgan fingerprint density at radius 1 is 0.776 bits per heavy atom. The topological polar surface area (TPSA) is 279 Å². The monoisotopic (exact) mass is 937 g/mol. The summed E-state index contributed by atoms with van der Waals surface area (Å²) in [5.41, 5.74) is 4.45. The van der Waals surface area contributed by atoms with Crippen molar-refractivity contribution < 1.29 is 62.8 Å². The Bertz CT molecular complexity index is 2000. The Balaban J connectivity index is 1.92. The predicted octanol–water partition coefficient (Wildman–Crippen LogP) is 3.06. The van der Waals surface area contributed by atoms with E-state index in [2.05, 4.69) is 26.7 Å². The third-order valence-corrected chi connectivity index (χ3v) is 11.2. The maximum Gasteiger partial charge on any atom is 0.336 e. The molecule has 1 aliphatic heterocycles. The molecule has 1 fully saturated rings. The number of carboxylic acids is 2. The highest BCUT2D eigenvalue weighted by Crippen LogP contribution is 2.25. The van der Waals surface area contributed by atoms with Crippen molar-refractivity contribution in [2.24, 2.45) is 17.8 Å². The van der Waals surface area contributed by atoms with Gasteiger partial charge in [-0.3, -0.25) is 39.0 Å². The molecule has 0 bridgehead atoms. The summed E-state index contributed by atoms with van der Waals surface area (Å²) < 4.78 is 11.8. The number of aliphatic carboxylic acids is 2. The van der Waals surface area contributed by atoms with E-state index in [1.165, 1.54) is 9.91 Å². The SMILES string of the molecule is CC[C@@H](C)[C@H](OC(=O)[C@@H](CC(=O)O)NC(=O)[C@H](CC(=O)O)NC(C)=O)C(=O)N[C@H](C(=O)N1C[C@H](OCc2ccccc2)C[C@@H]1C(=O)NN(CCC(C)C)C(=O)N[C@@H](C)c1ccccc1)C(C)C. The number of carboxylic acid groups (broad SMARTS) is 2. The van der Waals surface area contributed by atoms with Crippen LogP contribution in [0, 0.1) is 17.8 Å². The molecule has 2 aromatic rings. The molecule has 368 valence electrons. The lowest BCUT2D eigenvalue weighted by Gasteiger charge is -2.33. The van der Waals surface area contributed by atoms with Crippen molar-refractivity contribution in [1.29, 1.82) is 0 Å². The Morgan fingerprint density at radius 3 is 1.93 bits per heavy atom. The molecule has 1 aliphatic rings. The summed E-state index contributed by atoms with van der Waals surface area (Å²) in [6.45, 7) is 13.7. The minimum atomic E-state index is -1.92. The third kappa shape index (κ3) is 17.6. The quantitative estimate of drug-likeness (QED) is 0.0590. The van der Waals surface area contributed by atoms with Crippen molar-refractivity contribution in [1.82, 2.24) is 36.6 Å². The average Bonchev–Trinajstić information content (AvgIpc) is 3.71. The Morgan fingerprint density at radius 2 is 1.37 bits per heavy atom. The first-order valence-electron chi connectivity index (χ1n) is 22.5. The number of benzene rings is 2. The molecule has 3 rings (SSSR count). The Labute approximate surface area is 391 Å². The van der Waals surface area contributed by atoms with Crippen LogP contribution in [0.3, 0.4) is 0 Å². The van der Waals surface area contributed by atoms with E-state index in [1.54, 1.807) is 27.7 Å². The first-order chi connectivity index (χ1) is 31.6. The molecule has 67 heavy (non-hydrogen) atoms. The number of hydrogen-bond acceptors (Lipinski definition) is 11. The second kappa shape index (κ2) is 26.5. The maximum atomic E-state index is 14.7. The van der Waals surface area contributed by atoms with E-state index in [0.29, 0.717) is 6.42 Å². The molecule has 0 aromatic heterocycles. The van der Waals surface area contributed by atoms with Gasteiger partial charge < -0.3 is 45.9 Å². The van der Waals surface area contributed by atoms with Crippen molar-refractivity contribution in [3.63, 3.8) is 0 Å². The van der Waals surface area contributed by atoms with Gasteiger partial charge in [0.1, 0.15) is 24.2 Å². The van der Waals surface area contributed by atoms with Crippen molar-refractivity contribution in [3.8, 4) is 0 Å². The number of likely N-dealkylation sites (tertiary alicyclic amines) is 1. The zero-order chi connectivity index (χ0) is 50.0. The molecule has 2 aromatic carbocycles. The minimum Gasteiger partial charge on any atom is -0.481 e. The van der Waals surface area contributed by atoms with Gasteiger partial charge in [0.05, 0.1) is 31.6 Å². The van der Waals surface area contributed by atoms with Crippen LogP contribution < -0.4 is 26.7 Å². The van der Waals surface area contributed by atoms with Crippen molar-refractivity contribution in [2.45, 2.75) is 137 Å². The van der Waals surface area contributed by atoms with Crippen LogP contribution in [0.5, 0.6) is 0 Å². The lowest BCUT2D eigenvalue weighted by Crippen LogP contribution is -2.60. The maximum absolute atomic E-state index is 14.7. The summed E-state index contributed by atoms with van der Waals surface area (Å²) in [5, 5.41) is 29.9. The van der Waals surface area contributed by atoms with Crippen molar-refractivity contribution in [3.05, 3.63) is 71.8 Å². The summed E-state index contributed by atoms with van der Waals surface area (Å²) in [5.74, 6) is -9.74. The molecule has 8 atom stereocenters. The number of nitrogens with one attached hydrogen (secondary N) is 5. The minimum absolute atomic E-state index is 0.0439. The molecular formula is C47H67N7O13. The molecule has 0 radical (unpaired) electrons. The third-order valence-electron chi connectivity index (χ3n) is 11.2. The Kier molecular flexibility index (Phi) is 21.7. The van der Waals surface area contributed by atoms with E-state index >= 15 is 0 Å². The van der Waals surface area contributed by atoms with E-state index in [4.69, 9.17) is 9.47 Å². The number of hydrazine groups is 1. The van der Waals surface area contributed by atoms with Gasteiger partial charge in [0.2, 0.25) is 17.7 Å². The van der Waals surface area contributed by atoms with Gasteiger partial charge in [-0.1, -0.05) is 102 Å². The van der Waals surface area contributed by atoms with Gasteiger partial charge in [-0.2, -0.15) is 0 Å². The van der Waals surface area contributed by atoms with E-state index in [0.717, 1.165) is 18.1 Å². The summed E-state index contributed by atoms with van der Waals surface area (Å²) in [6.07, 6.45) is -3.35. The van der Waals surface area contributed by atoms with Crippen molar-refractivity contribution in [2.75, 3.05) is 13.1 Å². The average molecular weight is 938 g/mol. The zero-order valence-electron chi connectivity index (χ0n) is 39.5. The number of carbonyl (C=O) groups is 9. The standard InChI is InChI=1S/C47H67N7O13/c1-9-29(6)41(67-46(64)36(24-39(58)59)50-42(60)35(23-38(56)57)49-31(8)55)44(62)51-40(28(4)5)45(63)53-25-34(66-26-32-16-12-10-13-17-32)22-37(53)43(61)52-54(21-20-27(2)3)47(65)48-30(7)33-18-14-11-15-19-33/h10-19,27-30,34-37,40-41H,9,20-26H2,1-8H3,(H,48,65)(H,49,55)(H,50,60)(H,51,62)(H,52,61)(H,56,57)(H,58,59)/t29-,30+,34-,35+,36-,37-,40+,41+/m1/s1. The van der Waals surface area contributed by atoms with Gasteiger partial charge in [-0.25, -0.2) is 14.6 Å². The van der Waals surface area contributed by atoms with Crippen LogP contribution >= 0.6 is 0 Å². The normalized spacial score (nSPS) is 17.2. The predicted molar refractivity (Wildman–Crippen MR) is 243 cm³/mol. The van der Waals surface area contributed by atoms with Crippen LogP contribution in [-0.2, 0) is 54.4 Å². The lowest BCUT2D eigenvalue weighted by molar-refractivity contribution is -0.164. The highest BCUT2D eigenvalue weighted by Gasteiger charge is 2.45. The summed E-state index contributed by atoms with van der Waals surface area (Å²) in [7, 11) is 0. The fourth-order valence-corrected chi connectivity index (χ4v) is 7.14. The number of amides is 7. The van der Waals surface area contributed by atoms with Gasteiger partial charge in [0, 0.05) is 32.4 Å². The molecule has 1 saturated heterocycles. The van der Waals surface area contributed by atoms with Crippen LogP contribution in [0.25, 0.3) is 0 Å². The van der Waals surface area contributed by atoms with E-state index in [9.17, 15) is 53.4 Å². The van der Waals surface area contributed by atoms with Gasteiger partial charge in [0.25, 0.3) is 11.8 Å². The van der Waals surface area contributed by atoms with Gasteiger partial charge in [-0.05, 0) is 42.7 Å². The first kappa shape index (κ1) is 54.8. The molecule has 7 amide bonds. The number of urea groups is 1. The summed E-state index contributed by atoms with van der Waals surface area (Å²) in [4.78, 5) is 120. The van der Waals surface area contributed by atoms with Crippen LogP contribution in [0.2, 0.25) is 0 Å². The second-order valence-corrected chi connectivity index (χ2v) is 17.5. The van der Waals surface area contributed by atoms with Crippen molar-refractivity contribution >= 4 is 53.5 Å². The summed E-state index contributed by atoms with van der Waals surface area (Å²) >= 11 is 0. The fourth-order valence-electron chi connectivity index (χ4n) is 7.14. The molecule has 20 nitrogen and oxygen atoms in total. The Hall–Kier alpha value is -6.57. The lowest BCUT2D eigenvalue weighted by atomic mass is 9.98. The van der Waals surface area contributed by atoms with E-state index < -0.39 is 121 Å². The second-order valence-electron chi connectivity index (χ2n) is 17.5. The van der Waals surface area contributed by atoms with Crippen LogP contribution in [0.1, 0.15) is 105 Å². The fraction of sp³-hybridized carbons (Fsp3) is 0.553. The highest BCUT2D eigenvalue weighted by molar-refractivity contribution is 5.96. The number of ether oxygens (including phenoxy) is 2. The number of nitrogens with zero attached hydrogens (tertiary/aromatic N) is 2. The molecule has 0 spiro atoms. The molecule has 20 heteroatoms. The van der Waals surface area contributed by atoms with E-state index in [1.807, 2.05) is 81.4 Å². The molecule has 0 saturated carbocycles. The number of rotatable bonds is 24. The molecule has 1 heterocycles. The molecular weight excluding hydrogens is 871 g/mol. The largest absolute Gasteiger partial charge is 0.481 e. The zero-order valence-corrected chi connectivity index (χ0v) is 39.5. The molecule has 7 N–H and O–H groups in total. The van der Waals surface area contributed by atoms with E-state index in [-0.39, 0.29) is 38.5 Å².